The Morgan fingerprint density at radius 2 is 1.82 bits per heavy atom. The molecule has 2 N–H and O–H groups in total. The number of halogens is 1. The van der Waals surface area contributed by atoms with E-state index in [0.29, 0.717) is 17.3 Å². The van der Waals surface area contributed by atoms with Gasteiger partial charge in [-0.3, -0.25) is 4.90 Å². The summed E-state index contributed by atoms with van der Waals surface area (Å²) in [6.07, 6.45) is 2.87. The van der Waals surface area contributed by atoms with Crippen LogP contribution in [0.2, 0.25) is 0 Å². The van der Waals surface area contributed by atoms with Gasteiger partial charge in [-0.15, -0.1) is 22.7 Å². The summed E-state index contributed by atoms with van der Waals surface area (Å²) in [7, 11) is 0. The van der Waals surface area contributed by atoms with Crippen molar-refractivity contribution in [2.75, 3.05) is 10.6 Å². The third kappa shape index (κ3) is 3.97. The molecule has 0 aliphatic carbocycles. The lowest BCUT2D eigenvalue weighted by Gasteiger charge is -2.24. The van der Waals surface area contributed by atoms with E-state index in [4.69, 9.17) is 10.7 Å². The lowest BCUT2D eigenvalue weighted by Crippen LogP contribution is -2.15. The van der Waals surface area contributed by atoms with Gasteiger partial charge in [0.2, 0.25) is 5.95 Å². The first-order chi connectivity index (χ1) is 16.4. The van der Waals surface area contributed by atoms with Gasteiger partial charge < -0.3 is 10.3 Å². The van der Waals surface area contributed by atoms with Crippen molar-refractivity contribution in [2.45, 2.75) is 26.8 Å². The molecule has 0 aliphatic rings. The van der Waals surface area contributed by atoms with Crippen molar-refractivity contribution in [3.8, 4) is 21.8 Å². The van der Waals surface area contributed by atoms with Crippen molar-refractivity contribution in [3.05, 3.63) is 77.3 Å². The van der Waals surface area contributed by atoms with Crippen LogP contribution in [0.15, 0.2) is 65.6 Å². The number of hydrogen-bond donors (Lipinski definition) is 1. The first kappa shape index (κ1) is 22.2. The predicted octanol–water partition coefficient (Wildman–Crippen LogP) is 7.21. The molecule has 5 rings (SSSR count). The molecule has 0 aliphatic heterocycles. The number of aryl methyl sites for hydroxylation is 1. The molecule has 0 saturated heterocycles. The number of anilines is 4. The Kier molecular flexibility index (Phi) is 5.89. The summed E-state index contributed by atoms with van der Waals surface area (Å²) in [6, 6.07) is 14.0. The van der Waals surface area contributed by atoms with Crippen LogP contribution in [0.25, 0.3) is 21.8 Å². The maximum absolute atomic E-state index is 15.0. The highest BCUT2D eigenvalue weighted by Gasteiger charge is 2.23. The molecule has 0 spiro atoms. The van der Waals surface area contributed by atoms with E-state index < -0.39 is 5.82 Å². The molecule has 4 heterocycles. The quantitative estimate of drug-likeness (QED) is 0.255. The molecular weight excluding hydrogens is 467 g/mol. The molecule has 0 radical (unpaired) electrons. The predicted molar refractivity (Wildman–Crippen MR) is 139 cm³/mol. The number of rotatable bonds is 6. The Bertz CT molecular complexity index is 1420. The standard InChI is InChI=1S/C25H23FN6S2/c1-15(2)31-16(3)28-14-21(31)24-18(26)13-29-25(30-24)32(23-7-5-11-34-23)20-12-17(8-9-19(20)27)22-6-4-10-33-22/h4-15H,27H2,1-3H3. The SMILES string of the molecule is Cc1ncc(-c2nc(N(c3cccs3)c3cc(-c4cccs4)ccc3N)ncc2F)n1C(C)C. The molecular formula is C25H23FN6S2. The highest BCUT2D eigenvalue weighted by Crippen LogP contribution is 2.41. The molecule has 0 saturated carbocycles. The van der Waals surface area contributed by atoms with Gasteiger partial charge in [0.15, 0.2) is 5.82 Å². The third-order valence-corrected chi connectivity index (χ3v) is 7.25. The monoisotopic (exact) mass is 490 g/mol. The Balaban J connectivity index is 1.69. The fraction of sp³-hybridized carbons (Fsp3) is 0.160. The minimum absolute atomic E-state index is 0.0989. The third-order valence-electron chi connectivity index (χ3n) is 5.48. The van der Waals surface area contributed by atoms with Crippen molar-refractivity contribution in [1.29, 1.82) is 0 Å². The van der Waals surface area contributed by atoms with Crippen molar-refractivity contribution in [1.82, 2.24) is 19.5 Å². The number of nitrogens with two attached hydrogens (primary N) is 1. The summed E-state index contributed by atoms with van der Waals surface area (Å²) < 4.78 is 17.0. The summed E-state index contributed by atoms with van der Waals surface area (Å²) in [5, 5.41) is 4.89. The van der Waals surface area contributed by atoms with Crippen LogP contribution in [-0.4, -0.2) is 19.5 Å². The smallest absolute Gasteiger partial charge is 0.236 e. The van der Waals surface area contributed by atoms with Crippen LogP contribution >= 0.6 is 22.7 Å². The van der Waals surface area contributed by atoms with Crippen LogP contribution in [0.4, 0.5) is 26.7 Å². The first-order valence-corrected chi connectivity index (χ1v) is 12.5. The van der Waals surface area contributed by atoms with E-state index in [-0.39, 0.29) is 11.7 Å². The van der Waals surface area contributed by atoms with Crippen LogP contribution < -0.4 is 10.6 Å². The van der Waals surface area contributed by atoms with E-state index in [2.05, 4.69) is 16.0 Å². The maximum atomic E-state index is 15.0. The minimum Gasteiger partial charge on any atom is -0.397 e. The summed E-state index contributed by atoms with van der Waals surface area (Å²) in [6.45, 7) is 5.97. The van der Waals surface area contributed by atoms with Gasteiger partial charge >= 0.3 is 0 Å². The lowest BCUT2D eigenvalue weighted by molar-refractivity contribution is 0.578. The van der Waals surface area contributed by atoms with Crippen LogP contribution in [0, 0.1) is 12.7 Å². The second kappa shape index (κ2) is 9.00. The van der Waals surface area contributed by atoms with Gasteiger partial charge in [-0.1, -0.05) is 12.1 Å². The normalized spacial score (nSPS) is 11.3. The second-order valence-corrected chi connectivity index (χ2v) is 9.93. The van der Waals surface area contributed by atoms with Crippen LogP contribution in [0.5, 0.6) is 0 Å². The van der Waals surface area contributed by atoms with Gasteiger partial charge in [-0.05, 0) is 67.4 Å². The molecule has 0 atom stereocenters. The van der Waals surface area contributed by atoms with E-state index >= 15 is 4.39 Å². The number of imidazole rings is 1. The Morgan fingerprint density at radius 3 is 2.53 bits per heavy atom. The number of nitrogens with zero attached hydrogens (tertiary/aromatic N) is 5. The fourth-order valence-electron chi connectivity index (χ4n) is 3.98. The van der Waals surface area contributed by atoms with Crippen molar-refractivity contribution >= 4 is 45.0 Å². The van der Waals surface area contributed by atoms with E-state index in [1.807, 2.05) is 77.4 Å². The Labute approximate surface area is 205 Å². The molecule has 6 nitrogen and oxygen atoms in total. The average Bonchev–Trinajstić information content (AvgIpc) is 3.58. The lowest BCUT2D eigenvalue weighted by atomic mass is 10.1. The topological polar surface area (TPSA) is 72.9 Å². The Morgan fingerprint density at radius 1 is 1.03 bits per heavy atom. The highest BCUT2D eigenvalue weighted by molar-refractivity contribution is 7.14. The molecule has 9 heteroatoms. The highest BCUT2D eigenvalue weighted by atomic mass is 32.1. The molecule has 5 aromatic rings. The van der Waals surface area contributed by atoms with E-state index in [9.17, 15) is 0 Å². The zero-order chi connectivity index (χ0) is 23.8. The van der Waals surface area contributed by atoms with Crippen LogP contribution in [0.3, 0.4) is 0 Å². The summed E-state index contributed by atoms with van der Waals surface area (Å²) in [5.41, 5.74) is 9.62. The van der Waals surface area contributed by atoms with Gasteiger partial charge in [-0.25, -0.2) is 19.3 Å². The van der Waals surface area contributed by atoms with Crippen molar-refractivity contribution in [3.63, 3.8) is 0 Å². The molecule has 172 valence electrons. The van der Waals surface area contributed by atoms with E-state index in [0.717, 1.165) is 27.0 Å². The van der Waals surface area contributed by atoms with Crippen molar-refractivity contribution in [2.24, 2.45) is 0 Å². The molecule has 1 aromatic carbocycles. The van der Waals surface area contributed by atoms with E-state index in [1.165, 1.54) is 17.5 Å². The maximum Gasteiger partial charge on any atom is 0.236 e. The van der Waals surface area contributed by atoms with E-state index in [1.54, 1.807) is 17.5 Å². The molecule has 0 bridgehead atoms. The van der Waals surface area contributed by atoms with Gasteiger partial charge in [0.05, 0.1) is 29.5 Å². The van der Waals surface area contributed by atoms with Gasteiger partial charge in [0.1, 0.15) is 16.5 Å². The summed E-state index contributed by atoms with van der Waals surface area (Å²) >= 11 is 3.19. The largest absolute Gasteiger partial charge is 0.397 e. The summed E-state index contributed by atoms with van der Waals surface area (Å²) in [5.74, 6) is 0.632. The Hall–Kier alpha value is -3.56. The van der Waals surface area contributed by atoms with Gasteiger partial charge in [0, 0.05) is 10.9 Å². The zero-order valence-electron chi connectivity index (χ0n) is 18.9. The molecule has 4 aromatic heterocycles. The zero-order valence-corrected chi connectivity index (χ0v) is 20.6. The number of hydrogen-bond acceptors (Lipinski definition) is 7. The summed E-state index contributed by atoms with van der Waals surface area (Å²) in [4.78, 5) is 16.5. The van der Waals surface area contributed by atoms with Gasteiger partial charge in [-0.2, -0.15) is 0 Å². The molecule has 0 unspecified atom stereocenters. The average molecular weight is 491 g/mol. The first-order valence-electron chi connectivity index (χ1n) is 10.8. The second-order valence-electron chi connectivity index (χ2n) is 8.06. The molecule has 0 fully saturated rings. The van der Waals surface area contributed by atoms with Crippen LogP contribution in [0.1, 0.15) is 25.7 Å². The fourth-order valence-corrected chi connectivity index (χ4v) is 5.44. The number of aromatic nitrogens is 4. The number of nitrogen functional groups attached to an aromatic ring is 1. The van der Waals surface area contributed by atoms with Crippen molar-refractivity contribution < 1.29 is 4.39 Å². The molecule has 0 amide bonds. The number of benzene rings is 1. The number of thiophene rings is 2. The minimum atomic E-state index is -0.503. The molecule has 34 heavy (non-hydrogen) atoms. The van der Waals surface area contributed by atoms with Crippen LogP contribution in [-0.2, 0) is 0 Å². The van der Waals surface area contributed by atoms with Gasteiger partial charge in [0.25, 0.3) is 0 Å².